The maximum absolute atomic E-state index is 14.0. The quantitative estimate of drug-likeness (QED) is 0.764. The first-order valence-corrected chi connectivity index (χ1v) is 11.2. The summed E-state index contributed by atoms with van der Waals surface area (Å²) in [6.45, 7) is 4.91. The van der Waals surface area contributed by atoms with Crippen LogP contribution in [0.4, 0.5) is 11.4 Å². The fourth-order valence-electron chi connectivity index (χ4n) is 5.24. The fraction of sp³-hybridized carbons (Fsp3) is 0.391. The lowest BCUT2D eigenvalue weighted by molar-refractivity contribution is -0.125. The van der Waals surface area contributed by atoms with Crippen LogP contribution >= 0.6 is 23.2 Å². The topological polar surface area (TPSA) is 59.4 Å². The molecule has 31 heavy (non-hydrogen) atoms. The zero-order chi connectivity index (χ0) is 21.8. The SMILES string of the molecule is CC1=NN(c2ccc(Cl)cc2)C(=O)[C@]12Cc1ccc(Cl)cc1N1CCN(CCO)C[C@H]12. The molecule has 2 atom stereocenters. The van der Waals surface area contributed by atoms with Crippen molar-refractivity contribution >= 4 is 46.2 Å². The average molecular weight is 459 g/mol. The van der Waals surface area contributed by atoms with Gasteiger partial charge < -0.3 is 10.0 Å². The second-order valence-corrected chi connectivity index (χ2v) is 9.31. The van der Waals surface area contributed by atoms with Gasteiger partial charge in [-0.1, -0.05) is 29.3 Å². The molecule has 6 nitrogen and oxygen atoms in total. The zero-order valence-electron chi connectivity index (χ0n) is 17.3. The third-order valence-corrected chi connectivity index (χ3v) is 7.30. The Morgan fingerprint density at radius 1 is 1.13 bits per heavy atom. The van der Waals surface area contributed by atoms with Crippen molar-refractivity contribution in [1.29, 1.82) is 0 Å². The number of amides is 1. The highest BCUT2D eigenvalue weighted by molar-refractivity contribution is 6.31. The van der Waals surface area contributed by atoms with Crippen molar-refractivity contribution in [3.8, 4) is 0 Å². The van der Waals surface area contributed by atoms with Gasteiger partial charge in [0.05, 0.1) is 24.0 Å². The van der Waals surface area contributed by atoms with Gasteiger partial charge in [-0.05, 0) is 55.3 Å². The molecule has 162 valence electrons. The number of nitrogens with zero attached hydrogens (tertiary/aromatic N) is 4. The van der Waals surface area contributed by atoms with E-state index < -0.39 is 5.41 Å². The molecule has 0 radical (unpaired) electrons. The van der Waals surface area contributed by atoms with Gasteiger partial charge in [0.25, 0.3) is 5.91 Å². The molecule has 0 aliphatic carbocycles. The summed E-state index contributed by atoms with van der Waals surface area (Å²) in [4.78, 5) is 18.6. The Kier molecular flexibility index (Phi) is 5.21. The van der Waals surface area contributed by atoms with E-state index in [9.17, 15) is 9.90 Å². The predicted molar refractivity (Wildman–Crippen MR) is 124 cm³/mol. The number of hydrazone groups is 1. The van der Waals surface area contributed by atoms with E-state index >= 15 is 0 Å². The summed E-state index contributed by atoms with van der Waals surface area (Å²) in [5, 5.41) is 17.1. The number of benzene rings is 2. The minimum Gasteiger partial charge on any atom is -0.395 e. The van der Waals surface area contributed by atoms with Crippen molar-refractivity contribution in [2.24, 2.45) is 10.5 Å². The first-order valence-electron chi connectivity index (χ1n) is 10.5. The van der Waals surface area contributed by atoms with Crippen LogP contribution in [0, 0.1) is 5.41 Å². The van der Waals surface area contributed by atoms with Crippen molar-refractivity contribution < 1.29 is 9.90 Å². The van der Waals surface area contributed by atoms with Crippen LogP contribution in [0.2, 0.25) is 10.0 Å². The highest BCUT2D eigenvalue weighted by Gasteiger charge is 2.59. The molecular formula is C23H24Cl2N4O2. The van der Waals surface area contributed by atoms with Crippen molar-refractivity contribution in [3.63, 3.8) is 0 Å². The molecule has 1 spiro atoms. The lowest BCUT2D eigenvalue weighted by Crippen LogP contribution is -2.67. The summed E-state index contributed by atoms with van der Waals surface area (Å²) in [6.07, 6.45) is 0.575. The molecule has 2 aromatic carbocycles. The van der Waals surface area contributed by atoms with Gasteiger partial charge in [-0.15, -0.1) is 0 Å². The molecule has 3 aliphatic heterocycles. The Morgan fingerprint density at radius 3 is 2.61 bits per heavy atom. The third kappa shape index (κ3) is 3.24. The number of β-amino-alcohol motifs (C(OH)–C–C–N with tert-alkyl or cyclic N) is 1. The molecule has 0 aromatic heterocycles. The number of carbonyl (C=O) groups is 1. The van der Waals surface area contributed by atoms with Crippen molar-refractivity contribution in [2.45, 2.75) is 19.4 Å². The molecule has 5 rings (SSSR count). The largest absolute Gasteiger partial charge is 0.395 e. The predicted octanol–water partition coefficient (Wildman–Crippen LogP) is 3.44. The number of rotatable bonds is 3. The number of carbonyl (C=O) groups excluding carboxylic acids is 1. The molecule has 8 heteroatoms. The maximum atomic E-state index is 14.0. The van der Waals surface area contributed by atoms with Gasteiger partial charge in [-0.2, -0.15) is 10.1 Å². The van der Waals surface area contributed by atoms with E-state index in [1.165, 1.54) is 5.01 Å². The van der Waals surface area contributed by atoms with Crippen molar-refractivity contribution in [3.05, 3.63) is 58.1 Å². The van der Waals surface area contributed by atoms with Gasteiger partial charge in [-0.25, -0.2) is 0 Å². The minimum atomic E-state index is -0.769. The molecule has 1 N–H and O–H groups in total. The normalized spacial score (nSPS) is 25.6. The van der Waals surface area contributed by atoms with Gasteiger partial charge in [0.1, 0.15) is 5.41 Å². The Hall–Kier alpha value is -2.12. The minimum absolute atomic E-state index is 0.0197. The third-order valence-electron chi connectivity index (χ3n) is 6.82. The second-order valence-electron chi connectivity index (χ2n) is 8.43. The molecule has 2 aromatic rings. The van der Waals surface area contributed by atoms with E-state index in [-0.39, 0.29) is 18.6 Å². The van der Waals surface area contributed by atoms with E-state index in [1.54, 1.807) is 12.1 Å². The number of piperazine rings is 1. The van der Waals surface area contributed by atoms with Crippen LogP contribution in [0.25, 0.3) is 0 Å². The summed E-state index contributed by atoms with van der Waals surface area (Å²) >= 11 is 12.4. The molecule has 1 fully saturated rings. The van der Waals surface area contributed by atoms with Crippen LogP contribution in [-0.2, 0) is 11.2 Å². The van der Waals surface area contributed by atoms with Crippen LogP contribution in [-0.4, -0.2) is 60.5 Å². The lowest BCUT2D eigenvalue weighted by Gasteiger charge is -2.53. The number of hydrogen-bond donors (Lipinski definition) is 1. The molecule has 0 bridgehead atoms. The highest BCUT2D eigenvalue weighted by Crippen LogP contribution is 2.48. The molecule has 3 aliphatic rings. The first-order chi connectivity index (χ1) is 14.9. The van der Waals surface area contributed by atoms with Crippen molar-refractivity contribution in [1.82, 2.24) is 4.90 Å². The average Bonchev–Trinajstić information content (AvgIpc) is 3.01. The Bertz CT molecular complexity index is 1060. The molecule has 1 amide bonds. The van der Waals surface area contributed by atoms with E-state index in [0.717, 1.165) is 30.1 Å². The van der Waals surface area contributed by atoms with E-state index in [0.29, 0.717) is 35.2 Å². The Labute approximate surface area is 191 Å². The summed E-state index contributed by atoms with van der Waals surface area (Å²) in [6, 6.07) is 13.0. The van der Waals surface area contributed by atoms with E-state index in [4.69, 9.17) is 28.3 Å². The Balaban J connectivity index is 1.60. The number of halogens is 2. The van der Waals surface area contributed by atoms with Gasteiger partial charge in [0.15, 0.2) is 0 Å². The van der Waals surface area contributed by atoms with E-state index in [1.807, 2.05) is 37.3 Å². The smallest absolute Gasteiger partial charge is 0.261 e. The first kappa shape index (κ1) is 20.8. The summed E-state index contributed by atoms with van der Waals surface area (Å²) in [5.74, 6) is -0.0197. The van der Waals surface area contributed by atoms with Crippen LogP contribution in [0.3, 0.4) is 0 Å². The number of anilines is 2. The fourth-order valence-corrected chi connectivity index (χ4v) is 5.53. The van der Waals surface area contributed by atoms with Crippen LogP contribution < -0.4 is 9.91 Å². The van der Waals surface area contributed by atoms with Crippen LogP contribution in [0.1, 0.15) is 12.5 Å². The zero-order valence-corrected chi connectivity index (χ0v) is 18.8. The molecule has 1 saturated heterocycles. The summed E-state index contributed by atoms with van der Waals surface area (Å²) in [5.41, 5.74) is 2.96. The number of hydrogen-bond acceptors (Lipinski definition) is 5. The molecular weight excluding hydrogens is 435 g/mol. The summed E-state index contributed by atoms with van der Waals surface area (Å²) in [7, 11) is 0. The van der Waals surface area contributed by atoms with Gasteiger partial charge in [-0.3, -0.25) is 9.69 Å². The summed E-state index contributed by atoms with van der Waals surface area (Å²) < 4.78 is 0. The number of fused-ring (bicyclic) bond motifs is 4. The van der Waals surface area contributed by atoms with Gasteiger partial charge >= 0.3 is 0 Å². The number of aliphatic hydroxyl groups is 1. The molecule has 0 saturated carbocycles. The number of aliphatic hydroxyl groups excluding tert-OH is 1. The van der Waals surface area contributed by atoms with E-state index in [2.05, 4.69) is 9.80 Å². The second kappa shape index (κ2) is 7.78. The molecule has 0 unspecified atom stereocenters. The van der Waals surface area contributed by atoms with Crippen LogP contribution in [0.5, 0.6) is 0 Å². The van der Waals surface area contributed by atoms with Gasteiger partial charge in [0, 0.05) is 41.9 Å². The standard InChI is InChI=1S/C23H24Cl2N4O2/c1-15-23(22(31)29(26-15)19-6-4-17(24)5-7-19)13-16-2-3-18(25)12-20(16)28-9-8-27(10-11-30)14-21(23)28/h2-7,12,21,30H,8-11,13-14H2,1H3/t21-,23+/m0/s1. The van der Waals surface area contributed by atoms with Gasteiger partial charge in [0.2, 0.25) is 0 Å². The highest BCUT2D eigenvalue weighted by atomic mass is 35.5. The lowest BCUT2D eigenvalue weighted by atomic mass is 9.67. The monoisotopic (exact) mass is 458 g/mol. The van der Waals surface area contributed by atoms with Crippen LogP contribution in [0.15, 0.2) is 47.6 Å². The molecule has 3 heterocycles. The van der Waals surface area contributed by atoms with Crippen molar-refractivity contribution in [2.75, 3.05) is 42.7 Å². The maximum Gasteiger partial charge on any atom is 0.261 e. The Morgan fingerprint density at radius 2 is 1.87 bits per heavy atom.